The highest BCUT2D eigenvalue weighted by atomic mass is 35.5. The quantitative estimate of drug-likeness (QED) is 0.117. The van der Waals surface area contributed by atoms with Crippen LogP contribution in [0.25, 0.3) is 11.1 Å². The Kier molecular flexibility index (Phi) is 15.3. The number of carboxylic acid groups (broad SMARTS) is 1. The Bertz CT molecular complexity index is 3830. The molecule has 6 amide bonds. The number of amides is 6. The number of hydrogen-bond acceptors (Lipinski definition) is 18. The number of carbonyl (C=O) groups excluding carboxylic acids is 6. The molecule has 5 aliphatic rings. The fourth-order valence-corrected chi connectivity index (χ4v) is 10.0. The number of phenols is 6. The van der Waals surface area contributed by atoms with Gasteiger partial charge in [0.15, 0.2) is 17.5 Å². The Labute approximate surface area is 478 Å². The summed E-state index contributed by atoms with van der Waals surface area (Å²) in [5, 5.41) is 115. The summed E-state index contributed by atoms with van der Waals surface area (Å²) in [7, 11) is 0. The minimum Gasteiger partial charge on any atom is -0.508 e. The van der Waals surface area contributed by atoms with Crippen LogP contribution in [-0.2, 0) is 33.6 Å². The molecule has 11 bridgehead atoms. The highest BCUT2D eigenvalue weighted by Crippen LogP contribution is 2.47. The van der Waals surface area contributed by atoms with Crippen molar-refractivity contribution < 1.29 is 89.0 Å². The standard InChI is InChI=1S/C58H48ClN7O18/c59-35-18-27-8-16-38(35)84-40-20-28-19-39(51(40)74)83-32-13-5-25(6-14-32)49(72)47(65-52(75)42(60)23-1-9-29(67)10-2-23)56(79)61-43(24-3-11-30(68)12-4-24)53(76)63-45(28)55(78)62-44-26-7-15-36(70)33(17-26)41-34(21-31(69)22-37(41)71)46(58(81)82)64-57(80)48(50(27)73)66-54(44)77/h1-22,42-50,67-74H,60H2,(H,61,79)(H,62,78)(H,63,76)(H,64,80)(H,65,75)(H,66,77)(H,81,82)/t42-,43?,44-,45-,46+,47-,48+,49-,50-/m1/s1. The molecule has 17 N–H and O–H groups in total. The van der Waals surface area contributed by atoms with Crippen LogP contribution in [0.3, 0.4) is 0 Å². The van der Waals surface area contributed by atoms with Crippen LogP contribution in [0.1, 0.15) is 81.4 Å². The lowest BCUT2D eigenvalue weighted by molar-refractivity contribution is -0.143. The van der Waals surface area contributed by atoms with Gasteiger partial charge in [-0.15, -0.1) is 0 Å². The normalized spacial score (nSPS) is 21.8. The summed E-state index contributed by atoms with van der Waals surface area (Å²) in [6.07, 6.45) is -4.04. The molecular weight excluding hydrogens is 1120 g/mol. The van der Waals surface area contributed by atoms with Crippen molar-refractivity contribution in [3.63, 3.8) is 0 Å². The molecule has 1 unspecified atom stereocenters. The van der Waals surface area contributed by atoms with E-state index in [0.29, 0.717) is 0 Å². The Morgan fingerprint density at radius 3 is 1.73 bits per heavy atom. The highest BCUT2D eigenvalue weighted by Gasteiger charge is 2.41. The van der Waals surface area contributed by atoms with E-state index in [1.807, 2.05) is 0 Å². The molecule has 0 aromatic heterocycles. The van der Waals surface area contributed by atoms with Gasteiger partial charge in [0.05, 0.1) is 5.02 Å². The molecule has 9 atom stereocenters. The van der Waals surface area contributed by atoms with Crippen molar-refractivity contribution >= 4 is 53.0 Å². The van der Waals surface area contributed by atoms with Crippen LogP contribution in [0.15, 0.2) is 133 Å². The van der Waals surface area contributed by atoms with Crippen LogP contribution in [0.4, 0.5) is 0 Å². The van der Waals surface area contributed by atoms with E-state index in [1.165, 1.54) is 72.8 Å². The number of phenolic OH excluding ortho intramolecular Hbond substituents is 6. The Hall–Kier alpha value is -10.6. The summed E-state index contributed by atoms with van der Waals surface area (Å²) >= 11 is 6.78. The lowest BCUT2D eigenvalue weighted by atomic mass is 9.89. The van der Waals surface area contributed by atoms with Gasteiger partial charge < -0.3 is 93.1 Å². The first-order chi connectivity index (χ1) is 40.0. The molecule has 25 nitrogen and oxygen atoms in total. The fraction of sp³-hybridized carbons (Fsp3) is 0.155. The van der Waals surface area contributed by atoms with Gasteiger partial charge in [-0.25, -0.2) is 4.79 Å². The lowest BCUT2D eigenvalue weighted by Crippen LogP contribution is -2.55. The fourth-order valence-electron chi connectivity index (χ4n) is 9.80. The summed E-state index contributed by atoms with van der Waals surface area (Å²) in [5.74, 6) is -13.9. The molecule has 430 valence electrons. The van der Waals surface area contributed by atoms with E-state index in [-0.39, 0.29) is 61.4 Å². The van der Waals surface area contributed by atoms with E-state index in [0.717, 1.165) is 60.7 Å². The second kappa shape index (κ2) is 22.7. The minimum absolute atomic E-state index is 0.00190. The number of ether oxygens (including phenoxy) is 2. The number of nitrogens with two attached hydrogens (primary N) is 1. The molecule has 5 aliphatic heterocycles. The molecule has 12 rings (SSSR count). The molecule has 7 aromatic rings. The Balaban J connectivity index is 1.17. The van der Waals surface area contributed by atoms with Crippen molar-refractivity contribution in [3.05, 3.63) is 177 Å². The lowest BCUT2D eigenvalue weighted by Gasteiger charge is -2.31. The predicted octanol–water partition coefficient (Wildman–Crippen LogP) is 3.72. The van der Waals surface area contributed by atoms with E-state index in [2.05, 4.69) is 31.9 Å². The number of carboxylic acids is 1. The smallest absolute Gasteiger partial charge is 0.330 e. The highest BCUT2D eigenvalue weighted by molar-refractivity contribution is 6.32. The molecular formula is C58H48ClN7O18. The number of aliphatic carboxylic acids is 1. The maximum atomic E-state index is 15.6. The molecule has 0 spiro atoms. The largest absolute Gasteiger partial charge is 0.508 e. The SMILES string of the molecule is N[C@@H](C(=O)N[C@H]1C(=O)NC(c2ccc(O)cc2)C(=O)N[C@H]2C(=O)N[C@H]3C(=O)N[C@H](C(=O)N[C@H](C(=O)O)c4cc(O)cc(O)c4-c4cc3ccc4O)[C@H](O)c3ccc(c(Cl)c3)Oc3cc2cc(c3O)Oc2ccc(cc2)[C@H]1O)c1ccc(O)cc1. The molecule has 7 aromatic carbocycles. The maximum absolute atomic E-state index is 15.6. The average Bonchev–Trinajstić information content (AvgIpc) is 2.25. The Morgan fingerprint density at radius 1 is 0.524 bits per heavy atom. The van der Waals surface area contributed by atoms with Crippen molar-refractivity contribution in [2.75, 3.05) is 0 Å². The molecule has 0 aliphatic carbocycles. The summed E-state index contributed by atoms with van der Waals surface area (Å²) < 4.78 is 12.3. The summed E-state index contributed by atoms with van der Waals surface area (Å²) in [6, 6.07) is 11.9. The number of halogens is 1. The van der Waals surface area contributed by atoms with E-state index >= 15 is 14.4 Å². The zero-order valence-corrected chi connectivity index (χ0v) is 43.8. The van der Waals surface area contributed by atoms with Gasteiger partial charge >= 0.3 is 5.97 Å². The number of hydrogen-bond donors (Lipinski definition) is 16. The van der Waals surface area contributed by atoms with Gasteiger partial charge in [-0.3, -0.25) is 28.8 Å². The molecule has 26 heteroatoms. The van der Waals surface area contributed by atoms with Crippen LogP contribution >= 0.6 is 11.6 Å². The molecule has 84 heavy (non-hydrogen) atoms. The number of nitrogens with one attached hydrogen (secondary N) is 6. The van der Waals surface area contributed by atoms with E-state index in [9.17, 15) is 65.1 Å². The van der Waals surface area contributed by atoms with E-state index in [4.69, 9.17) is 26.8 Å². The second-order valence-corrected chi connectivity index (χ2v) is 20.1. The van der Waals surface area contributed by atoms with Gasteiger partial charge in [0.2, 0.25) is 41.2 Å². The predicted molar refractivity (Wildman–Crippen MR) is 291 cm³/mol. The topological polar surface area (TPSA) is 418 Å². The van der Waals surface area contributed by atoms with Gasteiger partial charge in [0.1, 0.15) is 88.7 Å². The molecule has 0 saturated carbocycles. The van der Waals surface area contributed by atoms with Crippen molar-refractivity contribution in [2.45, 2.75) is 54.5 Å². The number of rotatable bonds is 5. The summed E-state index contributed by atoms with van der Waals surface area (Å²) in [6.45, 7) is 0. The third-order valence-corrected chi connectivity index (χ3v) is 14.5. The average molecular weight is 1170 g/mol. The third-order valence-electron chi connectivity index (χ3n) is 14.2. The summed E-state index contributed by atoms with van der Waals surface area (Å²) in [5.41, 5.74) is 4.28. The monoisotopic (exact) mass is 1170 g/mol. The van der Waals surface area contributed by atoms with Crippen LogP contribution in [0, 0.1) is 0 Å². The van der Waals surface area contributed by atoms with Crippen LogP contribution < -0.4 is 47.1 Å². The van der Waals surface area contributed by atoms with Gasteiger partial charge in [-0.2, -0.15) is 0 Å². The number of aliphatic hydroxyl groups is 2. The van der Waals surface area contributed by atoms with Crippen molar-refractivity contribution in [3.8, 4) is 68.6 Å². The first-order valence-electron chi connectivity index (χ1n) is 25.3. The van der Waals surface area contributed by atoms with Gasteiger partial charge in [-0.05, 0) is 112 Å². The van der Waals surface area contributed by atoms with Gasteiger partial charge in [0.25, 0.3) is 0 Å². The number of benzene rings is 7. The third kappa shape index (κ3) is 11.2. The van der Waals surface area contributed by atoms with Crippen molar-refractivity contribution in [1.82, 2.24) is 31.9 Å². The Morgan fingerprint density at radius 2 is 1.08 bits per heavy atom. The zero-order chi connectivity index (χ0) is 60.0. The van der Waals surface area contributed by atoms with Crippen LogP contribution in [0.5, 0.6) is 57.5 Å². The molecule has 0 saturated heterocycles. The number of aromatic hydroxyl groups is 6. The van der Waals surface area contributed by atoms with Crippen molar-refractivity contribution in [2.24, 2.45) is 5.73 Å². The summed E-state index contributed by atoms with van der Waals surface area (Å²) in [4.78, 5) is 102. The van der Waals surface area contributed by atoms with E-state index in [1.54, 1.807) is 0 Å². The van der Waals surface area contributed by atoms with Crippen LogP contribution in [0.2, 0.25) is 5.02 Å². The van der Waals surface area contributed by atoms with E-state index < -0.39 is 147 Å². The molecule has 0 radical (unpaired) electrons. The van der Waals surface area contributed by atoms with Crippen molar-refractivity contribution in [1.29, 1.82) is 0 Å². The van der Waals surface area contributed by atoms with Gasteiger partial charge in [0, 0.05) is 22.8 Å². The second-order valence-electron chi connectivity index (χ2n) is 19.7. The maximum Gasteiger partial charge on any atom is 0.330 e. The molecule has 5 heterocycles. The minimum atomic E-state index is -2.18. The zero-order valence-electron chi connectivity index (χ0n) is 43.1. The first kappa shape index (κ1) is 56.7. The van der Waals surface area contributed by atoms with Crippen LogP contribution in [-0.4, -0.2) is 99.5 Å². The number of aliphatic hydroxyl groups excluding tert-OH is 2. The molecule has 0 fully saturated rings. The number of fused-ring (bicyclic) bond motifs is 15. The van der Waals surface area contributed by atoms with Gasteiger partial charge in [-0.1, -0.05) is 60.1 Å². The number of carbonyl (C=O) groups is 7. The first-order valence-corrected chi connectivity index (χ1v) is 25.7.